The van der Waals surface area contributed by atoms with Crippen molar-refractivity contribution < 1.29 is 4.79 Å². The Morgan fingerprint density at radius 3 is 2.28 bits per heavy atom. The molecule has 1 N–H and O–H groups in total. The van der Waals surface area contributed by atoms with Gasteiger partial charge >= 0.3 is 0 Å². The molecule has 25 heavy (non-hydrogen) atoms. The van der Waals surface area contributed by atoms with E-state index in [1.165, 1.54) is 38.9 Å². The van der Waals surface area contributed by atoms with Crippen LogP contribution in [-0.4, -0.2) is 77.9 Å². The molecule has 1 amide bonds. The van der Waals surface area contributed by atoms with Gasteiger partial charge in [0, 0.05) is 50.2 Å². The number of para-hydroxylation sites is 1. The topological polar surface area (TPSA) is 42.6 Å². The number of H-pyrrole nitrogens is 1. The van der Waals surface area contributed by atoms with E-state index in [2.05, 4.69) is 14.8 Å². The Labute approximate surface area is 149 Å². The molecule has 5 heteroatoms. The number of likely N-dealkylation sites (tertiary alicyclic amines) is 1. The lowest BCUT2D eigenvalue weighted by molar-refractivity contribution is 0.0614. The molecule has 1 aromatic carbocycles. The SMILES string of the molecule is O=C(c1cc2ccccc2[nH]1)N1CCN(CCN2CCCCC2)CC1. The molecule has 1 aromatic heterocycles. The fourth-order valence-corrected chi connectivity index (χ4v) is 4.00. The van der Waals surface area contributed by atoms with E-state index < -0.39 is 0 Å². The van der Waals surface area contributed by atoms with Crippen molar-refractivity contribution in [1.82, 2.24) is 19.7 Å². The summed E-state index contributed by atoms with van der Waals surface area (Å²) in [6, 6.07) is 10.0. The van der Waals surface area contributed by atoms with Gasteiger partial charge in [0.1, 0.15) is 5.69 Å². The van der Waals surface area contributed by atoms with Crippen molar-refractivity contribution >= 4 is 16.8 Å². The summed E-state index contributed by atoms with van der Waals surface area (Å²) in [6.45, 7) is 8.46. The van der Waals surface area contributed by atoms with Crippen molar-refractivity contribution in [2.24, 2.45) is 0 Å². The Kier molecular flexibility index (Phi) is 5.04. The average Bonchev–Trinajstić information content (AvgIpc) is 3.11. The molecule has 2 fully saturated rings. The molecule has 0 aliphatic carbocycles. The highest BCUT2D eigenvalue weighted by molar-refractivity contribution is 5.98. The summed E-state index contributed by atoms with van der Waals surface area (Å²) in [5, 5.41) is 1.10. The van der Waals surface area contributed by atoms with E-state index in [0.29, 0.717) is 5.69 Å². The second-order valence-corrected chi connectivity index (χ2v) is 7.31. The van der Waals surface area contributed by atoms with E-state index in [1.54, 1.807) is 0 Å². The van der Waals surface area contributed by atoms with Crippen LogP contribution in [0.4, 0.5) is 0 Å². The van der Waals surface area contributed by atoms with Crippen LogP contribution in [0.25, 0.3) is 10.9 Å². The molecule has 0 saturated carbocycles. The van der Waals surface area contributed by atoms with Crippen LogP contribution in [0.15, 0.2) is 30.3 Å². The number of hydrogen-bond donors (Lipinski definition) is 1. The molecule has 2 aliphatic heterocycles. The number of carbonyl (C=O) groups is 1. The van der Waals surface area contributed by atoms with Crippen LogP contribution in [-0.2, 0) is 0 Å². The van der Waals surface area contributed by atoms with E-state index in [4.69, 9.17) is 0 Å². The van der Waals surface area contributed by atoms with Crippen LogP contribution in [0.1, 0.15) is 29.8 Å². The van der Waals surface area contributed by atoms with Gasteiger partial charge in [-0.2, -0.15) is 0 Å². The van der Waals surface area contributed by atoms with Crippen molar-refractivity contribution in [2.45, 2.75) is 19.3 Å². The van der Waals surface area contributed by atoms with Gasteiger partial charge in [-0.3, -0.25) is 9.69 Å². The Morgan fingerprint density at radius 1 is 0.880 bits per heavy atom. The van der Waals surface area contributed by atoms with Gasteiger partial charge in [-0.05, 0) is 38.1 Å². The minimum Gasteiger partial charge on any atom is -0.351 e. The summed E-state index contributed by atoms with van der Waals surface area (Å²) in [6.07, 6.45) is 4.10. The number of amides is 1. The summed E-state index contributed by atoms with van der Waals surface area (Å²) >= 11 is 0. The maximum absolute atomic E-state index is 12.7. The second-order valence-electron chi connectivity index (χ2n) is 7.31. The molecule has 5 nitrogen and oxygen atoms in total. The fraction of sp³-hybridized carbons (Fsp3) is 0.550. The third-order valence-electron chi connectivity index (χ3n) is 5.60. The first kappa shape index (κ1) is 16.6. The highest BCUT2D eigenvalue weighted by atomic mass is 16.2. The smallest absolute Gasteiger partial charge is 0.270 e. The molecule has 4 rings (SSSR count). The first-order valence-corrected chi connectivity index (χ1v) is 9.61. The number of piperazine rings is 1. The number of piperidine rings is 1. The number of nitrogens with one attached hydrogen (secondary N) is 1. The Hall–Kier alpha value is -1.85. The zero-order chi connectivity index (χ0) is 17.1. The molecule has 0 bridgehead atoms. The van der Waals surface area contributed by atoms with Crippen molar-refractivity contribution in [3.8, 4) is 0 Å². The van der Waals surface area contributed by atoms with Crippen LogP contribution < -0.4 is 0 Å². The van der Waals surface area contributed by atoms with Gasteiger partial charge < -0.3 is 14.8 Å². The molecule has 2 saturated heterocycles. The summed E-state index contributed by atoms with van der Waals surface area (Å²) < 4.78 is 0. The third kappa shape index (κ3) is 3.88. The van der Waals surface area contributed by atoms with Gasteiger partial charge in [0.25, 0.3) is 5.91 Å². The summed E-state index contributed by atoms with van der Waals surface area (Å²) in [4.78, 5) is 23.1. The third-order valence-corrected chi connectivity index (χ3v) is 5.60. The number of aromatic nitrogens is 1. The van der Waals surface area contributed by atoms with E-state index >= 15 is 0 Å². The number of hydrogen-bond acceptors (Lipinski definition) is 3. The zero-order valence-corrected chi connectivity index (χ0v) is 14.9. The molecule has 2 aromatic rings. The number of fused-ring (bicyclic) bond motifs is 1. The summed E-state index contributed by atoms with van der Waals surface area (Å²) in [5.41, 5.74) is 1.74. The monoisotopic (exact) mass is 340 g/mol. The molecule has 3 heterocycles. The van der Waals surface area contributed by atoms with E-state index in [0.717, 1.165) is 43.6 Å². The second kappa shape index (κ2) is 7.58. The first-order valence-electron chi connectivity index (χ1n) is 9.61. The molecule has 0 atom stereocenters. The number of carbonyl (C=O) groups excluding carboxylic acids is 1. The van der Waals surface area contributed by atoms with Gasteiger partial charge in [0.05, 0.1) is 0 Å². The van der Waals surface area contributed by atoms with Crippen LogP contribution in [0, 0.1) is 0 Å². The lowest BCUT2D eigenvalue weighted by atomic mass is 10.1. The largest absolute Gasteiger partial charge is 0.351 e. The van der Waals surface area contributed by atoms with Crippen LogP contribution in [0.5, 0.6) is 0 Å². The van der Waals surface area contributed by atoms with Gasteiger partial charge in [0.2, 0.25) is 0 Å². The van der Waals surface area contributed by atoms with Gasteiger partial charge in [0.15, 0.2) is 0 Å². The van der Waals surface area contributed by atoms with Crippen molar-refractivity contribution in [1.29, 1.82) is 0 Å². The van der Waals surface area contributed by atoms with Crippen molar-refractivity contribution in [2.75, 3.05) is 52.4 Å². The highest BCUT2D eigenvalue weighted by Gasteiger charge is 2.23. The fourth-order valence-electron chi connectivity index (χ4n) is 4.00. The number of aromatic amines is 1. The predicted molar refractivity (Wildman–Crippen MR) is 101 cm³/mol. The first-order chi connectivity index (χ1) is 12.3. The van der Waals surface area contributed by atoms with Gasteiger partial charge in [-0.1, -0.05) is 24.6 Å². The molecular formula is C20H28N4O. The molecule has 0 radical (unpaired) electrons. The minimum absolute atomic E-state index is 0.131. The van der Waals surface area contributed by atoms with Gasteiger partial charge in [-0.15, -0.1) is 0 Å². The lowest BCUT2D eigenvalue weighted by Crippen LogP contribution is -2.50. The van der Waals surface area contributed by atoms with Crippen molar-refractivity contribution in [3.05, 3.63) is 36.0 Å². The van der Waals surface area contributed by atoms with Crippen molar-refractivity contribution in [3.63, 3.8) is 0 Å². The lowest BCUT2D eigenvalue weighted by Gasteiger charge is -2.36. The Bertz CT molecular complexity index is 678. The molecule has 0 unspecified atom stereocenters. The molecular weight excluding hydrogens is 312 g/mol. The maximum Gasteiger partial charge on any atom is 0.270 e. The van der Waals surface area contributed by atoms with Crippen LogP contribution >= 0.6 is 0 Å². The summed E-state index contributed by atoms with van der Waals surface area (Å²) in [7, 11) is 0. The minimum atomic E-state index is 0.131. The molecule has 134 valence electrons. The summed E-state index contributed by atoms with van der Waals surface area (Å²) in [5.74, 6) is 0.131. The van der Waals surface area contributed by atoms with E-state index in [9.17, 15) is 4.79 Å². The van der Waals surface area contributed by atoms with Gasteiger partial charge in [-0.25, -0.2) is 0 Å². The molecule has 2 aliphatic rings. The van der Waals surface area contributed by atoms with E-state index in [1.807, 2.05) is 35.2 Å². The number of benzene rings is 1. The Morgan fingerprint density at radius 2 is 1.56 bits per heavy atom. The molecule has 0 spiro atoms. The zero-order valence-electron chi connectivity index (χ0n) is 14.9. The normalized spacial score (nSPS) is 20.2. The number of nitrogens with zero attached hydrogens (tertiary/aromatic N) is 3. The highest BCUT2D eigenvalue weighted by Crippen LogP contribution is 2.17. The predicted octanol–water partition coefficient (Wildman–Crippen LogP) is 2.41. The Balaban J connectivity index is 1.28. The number of rotatable bonds is 4. The van der Waals surface area contributed by atoms with E-state index in [-0.39, 0.29) is 5.91 Å². The van der Waals surface area contributed by atoms with Crippen LogP contribution in [0.3, 0.4) is 0 Å². The maximum atomic E-state index is 12.7. The standard InChI is InChI=1S/C20H28N4O/c25-20(19-16-17-6-2-3-7-18(17)21-19)24-14-12-23(13-15-24)11-10-22-8-4-1-5-9-22/h2-3,6-7,16,21H,1,4-5,8-15H2. The quantitative estimate of drug-likeness (QED) is 0.929. The van der Waals surface area contributed by atoms with Crippen LogP contribution in [0.2, 0.25) is 0 Å². The average molecular weight is 340 g/mol.